The molecule has 0 spiro atoms. The lowest BCUT2D eigenvalue weighted by atomic mass is 9.97. The van der Waals surface area contributed by atoms with Gasteiger partial charge < -0.3 is 13.9 Å². The Morgan fingerprint density at radius 1 is 0.323 bits per heavy atom. The predicted octanol–water partition coefficient (Wildman–Crippen LogP) is 17.5. The van der Waals surface area contributed by atoms with Gasteiger partial charge in [0.25, 0.3) is 0 Å². The van der Waals surface area contributed by atoms with Crippen LogP contribution in [0.3, 0.4) is 0 Å². The first-order chi connectivity index (χ1) is 32.2. The number of furan rings is 1. The van der Waals surface area contributed by atoms with Crippen molar-refractivity contribution in [3.05, 3.63) is 243 Å². The summed E-state index contributed by atoms with van der Waals surface area (Å²) in [4.78, 5) is 2.38. The van der Waals surface area contributed by atoms with Crippen LogP contribution in [0.4, 0.5) is 17.1 Å². The summed E-state index contributed by atoms with van der Waals surface area (Å²) in [5, 5.41) is 9.55. The van der Waals surface area contributed by atoms with Crippen LogP contribution in [0.2, 0.25) is 0 Å². The highest BCUT2D eigenvalue weighted by molar-refractivity contribution is 6.19. The molecule has 13 rings (SSSR count). The van der Waals surface area contributed by atoms with Crippen molar-refractivity contribution in [3.8, 4) is 39.1 Å². The molecule has 0 bridgehead atoms. The highest BCUT2D eigenvalue weighted by Gasteiger charge is 2.19. The van der Waals surface area contributed by atoms with E-state index in [1.807, 2.05) is 0 Å². The predicted molar refractivity (Wildman–Crippen MR) is 274 cm³/mol. The number of anilines is 3. The Hall–Kier alpha value is -8.66. The third-order valence-corrected chi connectivity index (χ3v) is 13.2. The number of fused-ring (bicyclic) bond motifs is 9. The topological polar surface area (TPSA) is 21.3 Å². The minimum absolute atomic E-state index is 0.893. The van der Waals surface area contributed by atoms with E-state index in [9.17, 15) is 0 Å². The molecule has 0 amide bonds. The number of nitrogens with zero attached hydrogens (tertiary/aromatic N) is 2. The van der Waals surface area contributed by atoms with Gasteiger partial charge in [0.1, 0.15) is 11.2 Å². The van der Waals surface area contributed by atoms with Crippen molar-refractivity contribution in [2.45, 2.75) is 0 Å². The molecule has 3 nitrogen and oxygen atoms in total. The highest BCUT2D eigenvalue weighted by Crippen LogP contribution is 2.43. The lowest BCUT2D eigenvalue weighted by Gasteiger charge is -2.27. The number of hydrogen-bond donors (Lipinski definition) is 0. The Balaban J connectivity index is 0.939. The van der Waals surface area contributed by atoms with Gasteiger partial charge in [-0.3, -0.25) is 0 Å². The third kappa shape index (κ3) is 6.05. The van der Waals surface area contributed by atoms with Crippen molar-refractivity contribution in [1.29, 1.82) is 0 Å². The van der Waals surface area contributed by atoms with Crippen molar-refractivity contribution in [2.24, 2.45) is 0 Å². The zero-order chi connectivity index (χ0) is 42.8. The minimum atomic E-state index is 0.893. The van der Waals surface area contributed by atoms with Gasteiger partial charge in [-0.15, -0.1) is 0 Å². The molecule has 0 N–H and O–H groups in total. The van der Waals surface area contributed by atoms with Crippen LogP contribution in [0.15, 0.2) is 247 Å². The molecule has 2 aromatic heterocycles. The first-order valence-corrected chi connectivity index (χ1v) is 22.2. The largest absolute Gasteiger partial charge is 0.455 e. The van der Waals surface area contributed by atoms with Crippen LogP contribution in [-0.2, 0) is 0 Å². The fourth-order valence-corrected chi connectivity index (χ4v) is 10.2. The maximum atomic E-state index is 6.58. The smallest absolute Gasteiger partial charge is 0.143 e. The number of para-hydroxylation sites is 3. The second-order valence-corrected chi connectivity index (χ2v) is 16.8. The molecule has 0 radical (unpaired) electrons. The first-order valence-electron chi connectivity index (χ1n) is 22.2. The van der Waals surface area contributed by atoms with Crippen molar-refractivity contribution < 1.29 is 4.42 Å². The quantitative estimate of drug-likeness (QED) is 0.160. The molecular weight excluding hydrogens is 789 g/mol. The third-order valence-electron chi connectivity index (χ3n) is 13.2. The number of benzene rings is 11. The summed E-state index contributed by atoms with van der Waals surface area (Å²) in [6.45, 7) is 0. The van der Waals surface area contributed by atoms with E-state index < -0.39 is 0 Å². The molecule has 11 aromatic carbocycles. The van der Waals surface area contributed by atoms with E-state index in [4.69, 9.17) is 4.42 Å². The Kier molecular flexibility index (Phi) is 8.53. The Bertz CT molecular complexity index is 3890. The SMILES string of the molecule is c1cc(-c2cccc3ccccc23)cc(N(c2ccc(-c3ccccc3-n3c4ccccc4c4ccccc43)cc2)c2ccc(-c3cccc4oc5c6ccccc6ccc5c34)cc2)c1. The maximum absolute atomic E-state index is 6.58. The lowest BCUT2D eigenvalue weighted by Crippen LogP contribution is -2.10. The molecule has 0 fully saturated rings. The van der Waals surface area contributed by atoms with Gasteiger partial charge in [0.15, 0.2) is 0 Å². The van der Waals surface area contributed by atoms with Gasteiger partial charge in [0.2, 0.25) is 0 Å². The van der Waals surface area contributed by atoms with Crippen LogP contribution in [0.1, 0.15) is 0 Å². The molecule has 0 saturated heterocycles. The van der Waals surface area contributed by atoms with Crippen molar-refractivity contribution in [3.63, 3.8) is 0 Å². The van der Waals surface area contributed by atoms with Crippen LogP contribution in [0.5, 0.6) is 0 Å². The van der Waals surface area contributed by atoms with E-state index in [0.717, 1.165) is 66.8 Å². The van der Waals surface area contributed by atoms with Crippen molar-refractivity contribution in [2.75, 3.05) is 4.90 Å². The summed E-state index contributed by atoms with van der Waals surface area (Å²) < 4.78 is 8.99. The second kappa shape index (κ2) is 15.0. The van der Waals surface area contributed by atoms with E-state index in [1.165, 1.54) is 54.7 Å². The Labute approximate surface area is 376 Å². The van der Waals surface area contributed by atoms with Gasteiger partial charge in [-0.2, -0.15) is 0 Å². The van der Waals surface area contributed by atoms with Crippen molar-refractivity contribution >= 4 is 82.4 Å². The zero-order valence-corrected chi connectivity index (χ0v) is 35.4. The van der Waals surface area contributed by atoms with Gasteiger partial charge >= 0.3 is 0 Å². The van der Waals surface area contributed by atoms with Gasteiger partial charge in [0.05, 0.1) is 16.7 Å². The lowest BCUT2D eigenvalue weighted by molar-refractivity contribution is 0.673. The van der Waals surface area contributed by atoms with E-state index in [0.29, 0.717) is 0 Å². The molecule has 0 aliphatic carbocycles. The zero-order valence-electron chi connectivity index (χ0n) is 35.4. The molecular formula is C62H40N2O. The molecule has 3 heteroatoms. The first kappa shape index (κ1) is 36.9. The number of aromatic nitrogens is 1. The average Bonchev–Trinajstić information content (AvgIpc) is 3.93. The molecule has 2 heterocycles. The summed E-state index contributed by atoms with van der Waals surface area (Å²) >= 11 is 0. The molecule has 0 atom stereocenters. The highest BCUT2D eigenvalue weighted by atomic mass is 16.3. The van der Waals surface area contributed by atoms with E-state index in [2.05, 4.69) is 252 Å². The summed E-state index contributed by atoms with van der Waals surface area (Å²) in [5.74, 6) is 0. The monoisotopic (exact) mass is 828 g/mol. The van der Waals surface area contributed by atoms with Gasteiger partial charge in [-0.1, -0.05) is 176 Å². The normalized spacial score (nSPS) is 11.7. The Morgan fingerprint density at radius 2 is 0.862 bits per heavy atom. The van der Waals surface area contributed by atoms with Crippen LogP contribution in [0.25, 0.3) is 104 Å². The molecule has 0 aliphatic heterocycles. The van der Waals surface area contributed by atoms with Crippen LogP contribution in [-0.4, -0.2) is 4.57 Å². The summed E-state index contributed by atoms with van der Waals surface area (Å²) in [7, 11) is 0. The standard InChI is InChI=1S/C62H40N2O/c1-3-19-49-41(14-1)16-12-24-50(49)45-17-11-18-48(40-45)63(47-37-32-44(33-38-47)52-25-13-29-60-61(52)56-39-34-42-15-2-4-21-53(42)62(56)65-60)46-35-30-43(31-36-46)51-20-5-8-26-57(51)64-58-27-9-6-22-54(58)55-23-7-10-28-59(55)64/h1-40H. The van der Waals surface area contributed by atoms with Crippen LogP contribution < -0.4 is 4.90 Å². The molecule has 0 aliphatic rings. The van der Waals surface area contributed by atoms with Crippen LogP contribution in [0, 0.1) is 0 Å². The van der Waals surface area contributed by atoms with Crippen LogP contribution >= 0.6 is 0 Å². The average molecular weight is 829 g/mol. The summed E-state index contributed by atoms with van der Waals surface area (Å²) in [5.41, 5.74) is 15.6. The minimum Gasteiger partial charge on any atom is -0.455 e. The van der Waals surface area contributed by atoms with Gasteiger partial charge in [0, 0.05) is 49.6 Å². The molecule has 0 saturated carbocycles. The number of hydrogen-bond acceptors (Lipinski definition) is 2. The van der Waals surface area contributed by atoms with Crippen molar-refractivity contribution in [1.82, 2.24) is 4.57 Å². The van der Waals surface area contributed by atoms with Gasteiger partial charge in [-0.25, -0.2) is 0 Å². The van der Waals surface area contributed by atoms with E-state index in [1.54, 1.807) is 0 Å². The summed E-state index contributed by atoms with van der Waals surface area (Å²) in [6, 6.07) is 87.7. The molecule has 0 unspecified atom stereocenters. The summed E-state index contributed by atoms with van der Waals surface area (Å²) in [6.07, 6.45) is 0. The van der Waals surface area contributed by atoms with Gasteiger partial charge in [-0.05, 0) is 111 Å². The fraction of sp³-hybridized carbons (Fsp3) is 0. The van der Waals surface area contributed by atoms with E-state index >= 15 is 0 Å². The molecule has 65 heavy (non-hydrogen) atoms. The second-order valence-electron chi connectivity index (χ2n) is 16.8. The fourth-order valence-electron chi connectivity index (χ4n) is 10.2. The molecule has 304 valence electrons. The Morgan fingerprint density at radius 3 is 1.60 bits per heavy atom. The number of rotatable bonds is 7. The molecule has 13 aromatic rings. The maximum Gasteiger partial charge on any atom is 0.143 e. The van der Waals surface area contributed by atoms with E-state index in [-0.39, 0.29) is 0 Å².